The van der Waals surface area contributed by atoms with Crippen LogP contribution in [0.15, 0.2) is 90.3 Å². The number of rotatable bonds is 9. The lowest BCUT2D eigenvalue weighted by Crippen LogP contribution is -2.26. The molecule has 0 radical (unpaired) electrons. The number of aryl methyl sites for hydroxylation is 1. The van der Waals surface area contributed by atoms with Gasteiger partial charge < -0.3 is 5.32 Å². The van der Waals surface area contributed by atoms with Gasteiger partial charge in [-0.1, -0.05) is 60.7 Å². The fourth-order valence-corrected chi connectivity index (χ4v) is 4.72. The van der Waals surface area contributed by atoms with Crippen molar-refractivity contribution in [1.29, 1.82) is 0 Å². The largest absolute Gasteiger partial charge is 0.348 e. The minimum absolute atomic E-state index is 0.0912. The molecule has 0 atom stereocenters. The third kappa shape index (κ3) is 5.94. The highest BCUT2D eigenvalue weighted by molar-refractivity contribution is 7.89. The molecule has 0 unspecified atom stereocenters. The minimum atomic E-state index is -3.78. The third-order valence-electron chi connectivity index (χ3n) is 5.34. The number of nitrogens with one attached hydrogen (secondary N) is 2. The summed E-state index contributed by atoms with van der Waals surface area (Å²) in [7, 11) is -3.78. The molecule has 0 aliphatic carbocycles. The molecule has 174 valence electrons. The van der Waals surface area contributed by atoms with E-state index in [2.05, 4.69) is 20.1 Å². The first-order valence-electron chi connectivity index (χ1n) is 10.7. The number of aromatic nitrogens is 3. The Morgan fingerprint density at radius 3 is 2.32 bits per heavy atom. The lowest BCUT2D eigenvalue weighted by molar-refractivity contribution is 0.0950. The van der Waals surface area contributed by atoms with E-state index in [0.29, 0.717) is 18.7 Å². The number of amides is 1. The van der Waals surface area contributed by atoms with Crippen LogP contribution < -0.4 is 10.0 Å². The van der Waals surface area contributed by atoms with Crippen molar-refractivity contribution in [3.63, 3.8) is 0 Å². The average molecular weight is 476 g/mol. The number of hydrogen-bond donors (Lipinski definition) is 2. The molecule has 4 aromatic rings. The van der Waals surface area contributed by atoms with Gasteiger partial charge in [-0.3, -0.25) is 4.79 Å². The minimum Gasteiger partial charge on any atom is -0.348 e. The van der Waals surface area contributed by atoms with Gasteiger partial charge in [0, 0.05) is 18.7 Å². The van der Waals surface area contributed by atoms with Crippen molar-refractivity contribution in [2.45, 2.75) is 31.5 Å². The summed E-state index contributed by atoms with van der Waals surface area (Å²) in [5, 5.41) is 6.94. The van der Waals surface area contributed by atoms with Gasteiger partial charge in [0.05, 0.1) is 11.4 Å². The Morgan fingerprint density at radius 1 is 0.912 bits per heavy atom. The summed E-state index contributed by atoms with van der Waals surface area (Å²) in [5.41, 5.74) is 3.70. The number of nitrogens with zero attached hydrogens (tertiary/aromatic N) is 3. The van der Waals surface area contributed by atoms with Crippen molar-refractivity contribution in [1.82, 2.24) is 24.8 Å². The smallest absolute Gasteiger partial charge is 0.251 e. The molecule has 4 rings (SSSR count). The van der Waals surface area contributed by atoms with Crippen molar-refractivity contribution in [3.05, 3.63) is 113 Å². The van der Waals surface area contributed by atoms with Crippen molar-refractivity contribution in [3.8, 4) is 0 Å². The molecule has 1 heterocycles. The van der Waals surface area contributed by atoms with Crippen LogP contribution >= 0.6 is 0 Å². The Hall–Kier alpha value is -3.82. The normalized spacial score (nSPS) is 11.3. The quantitative estimate of drug-likeness (QED) is 0.387. The van der Waals surface area contributed by atoms with Crippen LogP contribution in [0, 0.1) is 6.92 Å². The van der Waals surface area contributed by atoms with E-state index >= 15 is 0 Å². The van der Waals surface area contributed by atoms with Gasteiger partial charge in [-0.2, -0.15) is 5.10 Å². The van der Waals surface area contributed by atoms with Crippen molar-refractivity contribution >= 4 is 15.9 Å². The number of carbonyl (C=O) groups is 1. The number of carbonyl (C=O) groups excluding carboxylic acids is 1. The summed E-state index contributed by atoms with van der Waals surface area (Å²) < 4.78 is 30.1. The lowest BCUT2D eigenvalue weighted by atomic mass is 10.1. The Labute approximate surface area is 198 Å². The number of hydrogen-bond acceptors (Lipinski definition) is 5. The molecule has 0 saturated carbocycles. The third-order valence-corrected chi connectivity index (χ3v) is 6.88. The molecule has 34 heavy (non-hydrogen) atoms. The van der Waals surface area contributed by atoms with Gasteiger partial charge in [0.1, 0.15) is 12.7 Å². The predicted octanol–water partition coefficient (Wildman–Crippen LogP) is 3.04. The SMILES string of the molecule is Cc1ccc(C(=O)NCc2ccc(Cn3cncn3)cc2)cc1S(=O)(=O)NCc1ccccc1. The van der Waals surface area contributed by atoms with E-state index in [1.54, 1.807) is 30.1 Å². The van der Waals surface area contributed by atoms with E-state index in [9.17, 15) is 13.2 Å². The Balaban J connectivity index is 1.39. The highest BCUT2D eigenvalue weighted by atomic mass is 32.2. The van der Waals surface area contributed by atoms with Crippen LogP contribution in [0.25, 0.3) is 0 Å². The Kier molecular flexibility index (Phi) is 7.15. The first-order valence-corrected chi connectivity index (χ1v) is 12.2. The second kappa shape index (κ2) is 10.4. The van der Waals surface area contributed by atoms with E-state index in [4.69, 9.17) is 0 Å². The Morgan fingerprint density at radius 2 is 1.62 bits per heavy atom. The molecule has 0 aliphatic rings. The molecule has 3 aromatic carbocycles. The van der Waals surface area contributed by atoms with Crippen LogP contribution in [-0.4, -0.2) is 29.1 Å². The molecular weight excluding hydrogens is 450 g/mol. The van der Waals surface area contributed by atoms with E-state index in [1.165, 1.54) is 12.4 Å². The molecular formula is C25H25N5O3S. The van der Waals surface area contributed by atoms with Gasteiger partial charge in [-0.05, 0) is 41.3 Å². The summed E-state index contributed by atoms with van der Waals surface area (Å²) in [6.07, 6.45) is 3.15. The van der Waals surface area contributed by atoms with E-state index in [-0.39, 0.29) is 22.9 Å². The molecule has 0 aliphatic heterocycles. The van der Waals surface area contributed by atoms with Crippen LogP contribution in [0.3, 0.4) is 0 Å². The molecule has 0 spiro atoms. The van der Waals surface area contributed by atoms with Crippen LogP contribution in [0.2, 0.25) is 0 Å². The fraction of sp³-hybridized carbons (Fsp3) is 0.160. The van der Waals surface area contributed by atoms with Gasteiger partial charge in [0.2, 0.25) is 10.0 Å². The fourth-order valence-electron chi connectivity index (χ4n) is 3.43. The lowest BCUT2D eigenvalue weighted by Gasteiger charge is -2.12. The maximum atomic E-state index is 12.9. The molecule has 9 heteroatoms. The molecule has 0 saturated heterocycles. The summed E-state index contributed by atoms with van der Waals surface area (Å²) >= 11 is 0. The van der Waals surface area contributed by atoms with Gasteiger partial charge >= 0.3 is 0 Å². The van der Waals surface area contributed by atoms with E-state index in [0.717, 1.165) is 16.7 Å². The molecule has 1 aromatic heterocycles. The van der Waals surface area contributed by atoms with Crippen molar-refractivity contribution in [2.24, 2.45) is 0 Å². The Bertz CT molecular complexity index is 1350. The van der Waals surface area contributed by atoms with E-state index in [1.807, 2.05) is 54.6 Å². The highest BCUT2D eigenvalue weighted by Crippen LogP contribution is 2.18. The standard InChI is InChI=1S/C25H25N5O3S/c1-19-7-12-23(13-24(19)34(32,33)29-15-20-5-3-2-4-6-20)25(31)27-14-21-8-10-22(11-9-21)16-30-18-26-17-28-30/h2-13,17-18,29H,14-16H2,1H3,(H,27,31). The van der Waals surface area contributed by atoms with Crippen LogP contribution in [0.5, 0.6) is 0 Å². The number of benzene rings is 3. The zero-order chi connectivity index (χ0) is 24.0. The second-order valence-corrected chi connectivity index (χ2v) is 9.62. The molecule has 0 bridgehead atoms. The summed E-state index contributed by atoms with van der Waals surface area (Å²) in [6, 6.07) is 21.8. The first-order chi connectivity index (χ1) is 16.4. The maximum absolute atomic E-state index is 12.9. The zero-order valence-corrected chi connectivity index (χ0v) is 19.5. The van der Waals surface area contributed by atoms with Crippen LogP contribution in [0.1, 0.15) is 32.6 Å². The summed E-state index contributed by atoms with van der Waals surface area (Å²) in [6.45, 7) is 2.82. The van der Waals surface area contributed by atoms with Gasteiger partial charge in [-0.25, -0.2) is 22.8 Å². The highest BCUT2D eigenvalue weighted by Gasteiger charge is 2.19. The summed E-state index contributed by atoms with van der Waals surface area (Å²) in [5.74, 6) is -0.341. The molecule has 8 nitrogen and oxygen atoms in total. The first kappa shape index (κ1) is 23.3. The van der Waals surface area contributed by atoms with Gasteiger partial charge in [-0.15, -0.1) is 0 Å². The summed E-state index contributed by atoms with van der Waals surface area (Å²) in [4.78, 5) is 16.7. The van der Waals surface area contributed by atoms with E-state index < -0.39 is 10.0 Å². The molecule has 1 amide bonds. The molecule has 0 fully saturated rings. The number of sulfonamides is 1. The van der Waals surface area contributed by atoms with Crippen molar-refractivity contribution in [2.75, 3.05) is 0 Å². The molecule has 2 N–H and O–H groups in total. The predicted molar refractivity (Wildman–Crippen MR) is 128 cm³/mol. The van der Waals surface area contributed by atoms with Crippen LogP contribution in [0.4, 0.5) is 0 Å². The topological polar surface area (TPSA) is 106 Å². The van der Waals surface area contributed by atoms with Crippen LogP contribution in [-0.2, 0) is 29.7 Å². The maximum Gasteiger partial charge on any atom is 0.251 e. The zero-order valence-electron chi connectivity index (χ0n) is 18.7. The van der Waals surface area contributed by atoms with Gasteiger partial charge in [0.25, 0.3) is 5.91 Å². The van der Waals surface area contributed by atoms with Gasteiger partial charge in [0.15, 0.2) is 0 Å². The average Bonchev–Trinajstić information content (AvgIpc) is 3.36. The van der Waals surface area contributed by atoms with Crippen molar-refractivity contribution < 1.29 is 13.2 Å². The monoisotopic (exact) mass is 475 g/mol. The second-order valence-electron chi connectivity index (χ2n) is 7.88.